The van der Waals surface area contributed by atoms with Crippen molar-refractivity contribution in [1.29, 1.82) is 0 Å². The maximum absolute atomic E-state index is 11.0. The molecule has 0 aliphatic carbocycles. The minimum Gasteiger partial charge on any atom is -0.481 e. The fourth-order valence-corrected chi connectivity index (χ4v) is 3.53. The first kappa shape index (κ1) is 25.2. The third-order valence-electron chi connectivity index (χ3n) is 3.63. The summed E-state index contributed by atoms with van der Waals surface area (Å²) in [5, 5.41) is 8.54. The van der Waals surface area contributed by atoms with Crippen LogP contribution in [0.5, 0.6) is 0 Å². The van der Waals surface area contributed by atoms with Crippen LogP contribution in [0.4, 0.5) is 0 Å². The Morgan fingerprint density at radius 1 is 0.808 bits per heavy atom. The number of aliphatic carboxylic acids is 1. The third-order valence-corrected chi connectivity index (χ3v) is 4.61. The summed E-state index contributed by atoms with van der Waals surface area (Å²) in [7, 11) is -9.65. The van der Waals surface area contributed by atoms with E-state index in [0.29, 0.717) is 44.9 Å². The molecule has 0 spiro atoms. The molecular formula is C14H28O10S2. The largest absolute Gasteiger partial charge is 0.481 e. The molecule has 2 atom stereocenters. The van der Waals surface area contributed by atoms with E-state index < -0.39 is 39.0 Å². The van der Waals surface area contributed by atoms with E-state index in [1.807, 2.05) is 6.92 Å². The van der Waals surface area contributed by atoms with Gasteiger partial charge in [0.1, 0.15) is 12.2 Å². The molecule has 26 heavy (non-hydrogen) atoms. The minimum absolute atomic E-state index is 0.0792. The normalized spacial score (nSPS) is 14.9. The van der Waals surface area contributed by atoms with E-state index in [2.05, 4.69) is 8.37 Å². The van der Waals surface area contributed by atoms with Gasteiger partial charge in [-0.05, 0) is 19.3 Å². The second-order valence-corrected chi connectivity index (χ2v) is 8.06. The molecule has 0 fully saturated rings. The van der Waals surface area contributed by atoms with Crippen molar-refractivity contribution in [1.82, 2.24) is 0 Å². The summed E-state index contributed by atoms with van der Waals surface area (Å²) >= 11 is 0. The van der Waals surface area contributed by atoms with Gasteiger partial charge in [0.2, 0.25) is 0 Å². The Bertz CT molecular complexity index is 599. The lowest BCUT2D eigenvalue weighted by Crippen LogP contribution is -2.35. The zero-order valence-electron chi connectivity index (χ0n) is 14.7. The van der Waals surface area contributed by atoms with Crippen LogP contribution in [0.2, 0.25) is 0 Å². The summed E-state index contributed by atoms with van der Waals surface area (Å²) in [6.45, 7) is 1.83. The van der Waals surface area contributed by atoms with Gasteiger partial charge in [-0.3, -0.25) is 13.9 Å². The molecule has 12 heteroatoms. The van der Waals surface area contributed by atoms with Crippen LogP contribution in [0.25, 0.3) is 0 Å². The van der Waals surface area contributed by atoms with Crippen molar-refractivity contribution < 1.29 is 44.2 Å². The Kier molecular flexibility index (Phi) is 12.2. The lowest BCUT2D eigenvalue weighted by Gasteiger charge is -2.24. The van der Waals surface area contributed by atoms with E-state index in [1.165, 1.54) is 0 Å². The second-order valence-electron chi connectivity index (χ2n) is 5.97. The predicted molar refractivity (Wildman–Crippen MR) is 92.3 cm³/mol. The Hall–Kier alpha value is -0.790. The molecule has 0 saturated heterocycles. The van der Waals surface area contributed by atoms with E-state index in [4.69, 9.17) is 14.2 Å². The van der Waals surface area contributed by atoms with Gasteiger partial charge in [0, 0.05) is 6.42 Å². The van der Waals surface area contributed by atoms with Gasteiger partial charge in [-0.15, -0.1) is 0 Å². The first-order valence-electron chi connectivity index (χ1n) is 8.47. The molecule has 10 nitrogen and oxygen atoms in total. The van der Waals surface area contributed by atoms with Gasteiger partial charge in [0.15, 0.2) is 0 Å². The summed E-state index contributed by atoms with van der Waals surface area (Å²) in [6, 6.07) is 0. The molecule has 0 saturated carbocycles. The SMILES string of the molecule is CCCCC(OS(=O)(=O)O)C(CCCCCCCC(=O)O)OS(=O)(=O)O. The smallest absolute Gasteiger partial charge is 0.397 e. The number of unbranched alkanes of at least 4 members (excludes halogenated alkanes) is 5. The van der Waals surface area contributed by atoms with E-state index in [9.17, 15) is 21.6 Å². The molecule has 0 aromatic rings. The Morgan fingerprint density at radius 2 is 1.23 bits per heavy atom. The molecule has 2 unspecified atom stereocenters. The van der Waals surface area contributed by atoms with Crippen molar-refractivity contribution in [3.63, 3.8) is 0 Å². The Balaban J connectivity index is 4.71. The molecule has 0 amide bonds. The monoisotopic (exact) mass is 420 g/mol. The van der Waals surface area contributed by atoms with Gasteiger partial charge in [-0.2, -0.15) is 16.8 Å². The number of rotatable bonds is 16. The van der Waals surface area contributed by atoms with Crippen LogP contribution in [-0.2, 0) is 34.0 Å². The van der Waals surface area contributed by atoms with Gasteiger partial charge >= 0.3 is 26.8 Å². The fourth-order valence-electron chi connectivity index (χ4n) is 2.46. The van der Waals surface area contributed by atoms with Crippen molar-refractivity contribution in [3.05, 3.63) is 0 Å². The summed E-state index contributed by atoms with van der Waals surface area (Å²) in [5.74, 6) is -0.868. The van der Waals surface area contributed by atoms with Crippen LogP contribution in [0.1, 0.15) is 71.1 Å². The van der Waals surface area contributed by atoms with Crippen LogP contribution in [-0.4, -0.2) is 49.2 Å². The van der Waals surface area contributed by atoms with Gasteiger partial charge in [-0.25, -0.2) is 8.37 Å². The number of carboxylic acids is 1. The van der Waals surface area contributed by atoms with Gasteiger partial charge < -0.3 is 5.11 Å². The zero-order chi connectivity index (χ0) is 20.2. The van der Waals surface area contributed by atoms with Crippen LogP contribution < -0.4 is 0 Å². The first-order chi connectivity index (χ1) is 11.9. The Labute approximate surface area is 154 Å². The topological polar surface area (TPSA) is 164 Å². The minimum atomic E-state index is -4.83. The standard InChI is InChI=1S/C14H28O10S2/c1-2-3-9-12(23-25(17,18)19)13(24-26(20,21)22)10-7-5-4-6-8-11-14(15)16/h12-13H,2-11H2,1H3,(H,15,16)(H,17,18,19)(H,20,21,22). The molecule has 0 radical (unpaired) electrons. The van der Waals surface area contributed by atoms with Crippen molar-refractivity contribution in [2.45, 2.75) is 83.3 Å². The first-order valence-corrected chi connectivity index (χ1v) is 11.2. The maximum Gasteiger partial charge on any atom is 0.397 e. The summed E-state index contributed by atoms with van der Waals surface area (Å²) in [5.41, 5.74) is 0. The molecule has 0 rings (SSSR count). The molecule has 0 aromatic carbocycles. The van der Waals surface area contributed by atoms with Gasteiger partial charge in [-0.1, -0.05) is 45.4 Å². The number of hydrogen-bond acceptors (Lipinski definition) is 7. The average Bonchev–Trinajstić information content (AvgIpc) is 2.46. The molecule has 3 N–H and O–H groups in total. The highest BCUT2D eigenvalue weighted by atomic mass is 32.3. The highest BCUT2D eigenvalue weighted by Gasteiger charge is 2.30. The van der Waals surface area contributed by atoms with Crippen LogP contribution in [0.15, 0.2) is 0 Å². The lowest BCUT2D eigenvalue weighted by atomic mass is 10.0. The van der Waals surface area contributed by atoms with E-state index in [1.54, 1.807) is 0 Å². The van der Waals surface area contributed by atoms with Crippen molar-refractivity contribution in [3.8, 4) is 0 Å². The summed E-state index contributed by atoms with van der Waals surface area (Å²) in [6.07, 6.45) is 1.97. The summed E-state index contributed by atoms with van der Waals surface area (Å²) < 4.78 is 70.9. The molecule has 0 aliphatic rings. The molecule has 0 aromatic heterocycles. The van der Waals surface area contributed by atoms with Crippen molar-refractivity contribution in [2.24, 2.45) is 0 Å². The fraction of sp³-hybridized carbons (Fsp3) is 0.929. The predicted octanol–water partition coefficient (Wildman–Crippen LogP) is 2.37. The van der Waals surface area contributed by atoms with E-state index in [-0.39, 0.29) is 19.3 Å². The number of carboxylic acid groups (broad SMARTS) is 1. The Morgan fingerprint density at radius 3 is 1.65 bits per heavy atom. The molecular weight excluding hydrogens is 392 g/mol. The van der Waals surface area contributed by atoms with Crippen LogP contribution >= 0.6 is 0 Å². The highest BCUT2D eigenvalue weighted by molar-refractivity contribution is 7.81. The van der Waals surface area contributed by atoms with E-state index >= 15 is 0 Å². The maximum atomic E-state index is 11.0. The quantitative estimate of drug-likeness (QED) is 0.249. The van der Waals surface area contributed by atoms with Crippen LogP contribution in [0.3, 0.4) is 0 Å². The number of hydrogen-bond donors (Lipinski definition) is 3. The number of carbonyl (C=O) groups is 1. The average molecular weight is 421 g/mol. The second kappa shape index (κ2) is 12.6. The van der Waals surface area contributed by atoms with Crippen molar-refractivity contribution in [2.75, 3.05) is 0 Å². The zero-order valence-corrected chi connectivity index (χ0v) is 16.4. The molecule has 0 aliphatic heterocycles. The van der Waals surface area contributed by atoms with Gasteiger partial charge in [0.25, 0.3) is 0 Å². The van der Waals surface area contributed by atoms with Crippen molar-refractivity contribution >= 4 is 26.8 Å². The summed E-state index contributed by atoms with van der Waals surface area (Å²) in [4.78, 5) is 10.4. The highest BCUT2D eigenvalue weighted by Crippen LogP contribution is 2.21. The third kappa shape index (κ3) is 15.5. The van der Waals surface area contributed by atoms with Gasteiger partial charge in [0.05, 0.1) is 0 Å². The molecule has 0 bridgehead atoms. The van der Waals surface area contributed by atoms with E-state index in [0.717, 1.165) is 0 Å². The molecule has 156 valence electrons. The van der Waals surface area contributed by atoms with Crippen LogP contribution in [0, 0.1) is 0 Å². The molecule has 0 heterocycles. The lowest BCUT2D eigenvalue weighted by molar-refractivity contribution is -0.137.